The zero-order valence-corrected chi connectivity index (χ0v) is 11.7. The van der Waals surface area contributed by atoms with Crippen LogP contribution >= 0.6 is 12.4 Å². The Balaban J connectivity index is 0.00000108. The van der Waals surface area contributed by atoms with E-state index in [1.165, 1.54) is 44.9 Å². The highest BCUT2D eigenvalue weighted by molar-refractivity contribution is 5.85. The Morgan fingerprint density at radius 1 is 1.29 bits per heavy atom. The van der Waals surface area contributed by atoms with E-state index in [0.717, 1.165) is 24.4 Å². The fourth-order valence-electron chi connectivity index (χ4n) is 5.12. The minimum Gasteiger partial charge on any atom is -0.384 e. The average molecular weight is 260 g/mol. The largest absolute Gasteiger partial charge is 0.384 e. The van der Waals surface area contributed by atoms with E-state index in [1.807, 2.05) is 7.11 Å². The topological polar surface area (TPSA) is 35.2 Å². The van der Waals surface area contributed by atoms with Crippen molar-refractivity contribution < 1.29 is 4.74 Å². The zero-order valence-electron chi connectivity index (χ0n) is 10.9. The quantitative estimate of drug-likeness (QED) is 0.828. The molecule has 2 N–H and O–H groups in total. The second kappa shape index (κ2) is 5.07. The predicted octanol–water partition coefficient (Wildman–Crippen LogP) is 2.99. The van der Waals surface area contributed by atoms with Crippen LogP contribution in [-0.2, 0) is 4.74 Å². The Morgan fingerprint density at radius 2 is 2.12 bits per heavy atom. The molecule has 3 heteroatoms. The molecule has 0 radical (unpaired) electrons. The first-order chi connectivity index (χ1) is 7.76. The summed E-state index contributed by atoms with van der Waals surface area (Å²) in [5, 5.41) is 0. The van der Waals surface area contributed by atoms with Crippen molar-refractivity contribution >= 4 is 12.4 Å². The van der Waals surface area contributed by atoms with E-state index in [1.54, 1.807) is 0 Å². The summed E-state index contributed by atoms with van der Waals surface area (Å²) in [5.41, 5.74) is 7.07. The van der Waals surface area contributed by atoms with Gasteiger partial charge in [0.15, 0.2) is 0 Å². The van der Waals surface area contributed by atoms with Gasteiger partial charge >= 0.3 is 0 Å². The number of hydrogen-bond acceptors (Lipinski definition) is 2. The van der Waals surface area contributed by atoms with Crippen LogP contribution in [0.25, 0.3) is 0 Å². The molecule has 0 aromatic carbocycles. The highest BCUT2D eigenvalue weighted by Crippen LogP contribution is 2.61. The maximum Gasteiger partial charge on any atom is 0.0490 e. The molecule has 0 aliphatic heterocycles. The predicted molar refractivity (Wildman–Crippen MR) is 72.3 cm³/mol. The molecule has 0 heterocycles. The van der Waals surface area contributed by atoms with E-state index in [9.17, 15) is 0 Å². The summed E-state index contributed by atoms with van der Waals surface area (Å²) in [5.74, 6) is 2.59. The van der Waals surface area contributed by atoms with Gasteiger partial charge in [-0.1, -0.05) is 6.42 Å². The molecule has 2 bridgehead atoms. The average Bonchev–Trinajstić information content (AvgIpc) is 2.84. The van der Waals surface area contributed by atoms with Crippen LogP contribution in [0, 0.1) is 23.2 Å². The van der Waals surface area contributed by atoms with Gasteiger partial charge in [-0.05, 0) is 61.7 Å². The number of hydrogen-bond donors (Lipinski definition) is 1. The standard InChI is InChI=1S/C14H25NO.ClH/c1-16-9-10-3-2-6-14(8-10)12-5-4-11(7-12)13(14)15;/h10-13H,2-9,15H2,1H3;1H. The lowest BCUT2D eigenvalue weighted by atomic mass is 9.60. The molecule has 1 spiro atoms. The summed E-state index contributed by atoms with van der Waals surface area (Å²) in [6.45, 7) is 0.950. The molecule has 2 nitrogen and oxygen atoms in total. The number of fused-ring (bicyclic) bond motifs is 3. The maximum absolute atomic E-state index is 6.55. The molecule has 3 fully saturated rings. The summed E-state index contributed by atoms with van der Waals surface area (Å²) in [6.07, 6.45) is 9.78. The van der Waals surface area contributed by atoms with Crippen molar-refractivity contribution in [1.82, 2.24) is 0 Å². The number of ether oxygens (including phenoxy) is 1. The van der Waals surface area contributed by atoms with Crippen LogP contribution in [0.4, 0.5) is 0 Å². The first kappa shape index (κ1) is 13.6. The van der Waals surface area contributed by atoms with E-state index in [-0.39, 0.29) is 12.4 Å². The molecule has 17 heavy (non-hydrogen) atoms. The van der Waals surface area contributed by atoms with Gasteiger partial charge in [0.05, 0.1) is 0 Å². The smallest absolute Gasteiger partial charge is 0.0490 e. The van der Waals surface area contributed by atoms with Gasteiger partial charge in [0.1, 0.15) is 0 Å². The van der Waals surface area contributed by atoms with Crippen molar-refractivity contribution in [2.75, 3.05) is 13.7 Å². The SMILES string of the molecule is COCC1CCCC2(C1)C1CCC(C1)C2N.Cl. The molecule has 100 valence electrons. The van der Waals surface area contributed by atoms with Crippen molar-refractivity contribution in [3.8, 4) is 0 Å². The first-order valence-corrected chi connectivity index (χ1v) is 7.01. The lowest BCUT2D eigenvalue weighted by Crippen LogP contribution is -2.49. The van der Waals surface area contributed by atoms with Crippen LogP contribution < -0.4 is 5.73 Å². The molecule has 0 aromatic heterocycles. The summed E-state index contributed by atoms with van der Waals surface area (Å²) in [6, 6.07) is 0.505. The van der Waals surface area contributed by atoms with Crippen LogP contribution in [0.2, 0.25) is 0 Å². The number of halogens is 1. The summed E-state index contributed by atoms with van der Waals surface area (Å²) >= 11 is 0. The second-order valence-electron chi connectivity index (χ2n) is 6.45. The molecule has 3 rings (SSSR count). The van der Waals surface area contributed by atoms with Gasteiger partial charge in [-0.15, -0.1) is 12.4 Å². The Kier molecular flexibility index (Phi) is 4.06. The maximum atomic E-state index is 6.55. The molecular formula is C14H26ClNO. The Labute approximate surface area is 111 Å². The van der Waals surface area contributed by atoms with E-state index in [2.05, 4.69) is 0 Å². The second-order valence-corrected chi connectivity index (χ2v) is 6.45. The number of methoxy groups -OCH3 is 1. The monoisotopic (exact) mass is 259 g/mol. The molecular weight excluding hydrogens is 234 g/mol. The first-order valence-electron chi connectivity index (χ1n) is 7.01. The van der Waals surface area contributed by atoms with Gasteiger partial charge in [-0.25, -0.2) is 0 Å². The number of rotatable bonds is 2. The van der Waals surface area contributed by atoms with Crippen LogP contribution in [0.15, 0.2) is 0 Å². The van der Waals surface area contributed by atoms with Crippen molar-refractivity contribution in [3.63, 3.8) is 0 Å². The fraction of sp³-hybridized carbons (Fsp3) is 1.00. The lowest BCUT2D eigenvalue weighted by molar-refractivity contribution is 0.0196. The molecule has 3 aliphatic rings. The van der Waals surface area contributed by atoms with Crippen LogP contribution in [0.3, 0.4) is 0 Å². The third-order valence-corrected chi connectivity index (χ3v) is 5.78. The molecule has 5 unspecified atom stereocenters. The molecule has 0 aromatic rings. The van der Waals surface area contributed by atoms with Crippen molar-refractivity contribution in [3.05, 3.63) is 0 Å². The lowest BCUT2D eigenvalue weighted by Gasteiger charge is -2.47. The Hall–Kier alpha value is 0.210. The van der Waals surface area contributed by atoms with Gasteiger partial charge in [0.25, 0.3) is 0 Å². The van der Waals surface area contributed by atoms with E-state index in [0.29, 0.717) is 11.5 Å². The van der Waals surface area contributed by atoms with Crippen molar-refractivity contribution in [2.45, 2.75) is 51.0 Å². The Bertz CT molecular complexity index is 267. The van der Waals surface area contributed by atoms with Crippen molar-refractivity contribution in [1.29, 1.82) is 0 Å². The molecule has 3 saturated carbocycles. The van der Waals surface area contributed by atoms with Gasteiger partial charge < -0.3 is 10.5 Å². The van der Waals surface area contributed by atoms with Crippen LogP contribution in [-0.4, -0.2) is 19.8 Å². The minimum atomic E-state index is 0. The van der Waals surface area contributed by atoms with Gasteiger partial charge in [0.2, 0.25) is 0 Å². The summed E-state index contributed by atoms with van der Waals surface area (Å²) < 4.78 is 5.36. The van der Waals surface area contributed by atoms with Gasteiger partial charge in [0, 0.05) is 19.8 Å². The fourth-order valence-corrected chi connectivity index (χ4v) is 5.12. The van der Waals surface area contributed by atoms with E-state index < -0.39 is 0 Å². The zero-order chi connectivity index (χ0) is 11.2. The molecule has 5 atom stereocenters. The Morgan fingerprint density at radius 3 is 2.76 bits per heavy atom. The van der Waals surface area contributed by atoms with Crippen LogP contribution in [0.1, 0.15) is 44.9 Å². The van der Waals surface area contributed by atoms with Gasteiger partial charge in [-0.2, -0.15) is 0 Å². The number of nitrogens with two attached hydrogens (primary N) is 1. The molecule has 0 saturated heterocycles. The van der Waals surface area contributed by atoms with E-state index >= 15 is 0 Å². The van der Waals surface area contributed by atoms with Crippen LogP contribution in [0.5, 0.6) is 0 Å². The molecule has 0 amide bonds. The summed E-state index contributed by atoms with van der Waals surface area (Å²) in [4.78, 5) is 0. The highest BCUT2D eigenvalue weighted by atomic mass is 35.5. The van der Waals surface area contributed by atoms with Crippen molar-refractivity contribution in [2.24, 2.45) is 28.9 Å². The highest BCUT2D eigenvalue weighted by Gasteiger charge is 2.57. The summed E-state index contributed by atoms with van der Waals surface area (Å²) in [7, 11) is 1.84. The third-order valence-electron chi connectivity index (χ3n) is 5.78. The third kappa shape index (κ3) is 2.02. The minimum absolute atomic E-state index is 0. The molecule has 3 aliphatic carbocycles. The van der Waals surface area contributed by atoms with E-state index in [4.69, 9.17) is 10.5 Å². The van der Waals surface area contributed by atoms with Gasteiger partial charge in [-0.3, -0.25) is 0 Å². The normalized spacial score (nSPS) is 48.4.